The second-order valence-electron chi connectivity index (χ2n) is 6.36. The summed E-state index contributed by atoms with van der Waals surface area (Å²) in [6.45, 7) is 6.77. The average molecular weight is 380 g/mol. The van der Waals surface area contributed by atoms with Crippen molar-refractivity contribution in [1.29, 1.82) is 0 Å². The van der Waals surface area contributed by atoms with E-state index < -0.39 is 0 Å². The van der Waals surface area contributed by atoms with Crippen molar-refractivity contribution < 1.29 is 14.3 Å². The minimum atomic E-state index is -0.309. The Morgan fingerprint density at radius 2 is 1.75 bits per heavy atom. The molecule has 0 spiro atoms. The number of carbonyl (C=O) groups excluding carboxylic acids is 1. The summed E-state index contributed by atoms with van der Waals surface area (Å²) in [7, 11) is 0. The fourth-order valence-electron chi connectivity index (χ4n) is 3.09. The first-order valence-electron chi connectivity index (χ1n) is 9.36. The molecule has 0 saturated carbocycles. The van der Waals surface area contributed by atoms with Crippen molar-refractivity contribution in [2.45, 2.75) is 26.8 Å². The minimum Gasteiger partial charge on any atom is -0.490 e. The molecule has 0 saturated heterocycles. The van der Waals surface area contributed by atoms with Crippen molar-refractivity contribution in [3.63, 3.8) is 0 Å². The van der Waals surface area contributed by atoms with Crippen molar-refractivity contribution in [3.05, 3.63) is 70.0 Å². The molecule has 1 amide bonds. The topological polar surface area (TPSA) is 80.4 Å². The highest BCUT2D eigenvalue weighted by atomic mass is 16.5. The predicted octanol–water partition coefficient (Wildman–Crippen LogP) is 3.82. The molecule has 146 valence electrons. The second kappa shape index (κ2) is 8.61. The van der Waals surface area contributed by atoms with Crippen LogP contribution in [0.3, 0.4) is 0 Å². The number of amides is 1. The van der Waals surface area contributed by atoms with Crippen LogP contribution >= 0.6 is 0 Å². The van der Waals surface area contributed by atoms with Crippen molar-refractivity contribution in [2.75, 3.05) is 13.2 Å². The molecule has 0 bridgehead atoms. The Labute approximate surface area is 163 Å². The second-order valence-corrected chi connectivity index (χ2v) is 6.36. The van der Waals surface area contributed by atoms with Gasteiger partial charge in [-0.2, -0.15) is 0 Å². The van der Waals surface area contributed by atoms with Crippen LogP contribution in [0.25, 0.3) is 10.9 Å². The third-order valence-electron chi connectivity index (χ3n) is 4.41. The van der Waals surface area contributed by atoms with E-state index in [4.69, 9.17) is 9.47 Å². The zero-order chi connectivity index (χ0) is 20.1. The van der Waals surface area contributed by atoms with Crippen LogP contribution in [-0.4, -0.2) is 24.1 Å². The smallest absolute Gasteiger partial charge is 0.252 e. The number of hydrogen-bond donors (Lipinski definition) is 2. The van der Waals surface area contributed by atoms with Crippen LogP contribution in [0.5, 0.6) is 11.5 Å². The number of aromatic nitrogens is 1. The van der Waals surface area contributed by atoms with Gasteiger partial charge in [-0.05, 0) is 44.5 Å². The van der Waals surface area contributed by atoms with Gasteiger partial charge in [0.2, 0.25) is 5.56 Å². The minimum absolute atomic E-state index is 0.277. The number of hydrogen-bond acceptors (Lipinski definition) is 4. The van der Waals surface area contributed by atoms with Gasteiger partial charge >= 0.3 is 0 Å². The van der Waals surface area contributed by atoms with Crippen LogP contribution in [0.4, 0.5) is 0 Å². The molecule has 0 unspecified atom stereocenters. The monoisotopic (exact) mass is 380 g/mol. The van der Waals surface area contributed by atoms with Gasteiger partial charge in [0.15, 0.2) is 11.5 Å². The van der Waals surface area contributed by atoms with Crippen molar-refractivity contribution >= 4 is 16.8 Å². The largest absolute Gasteiger partial charge is 0.490 e. The molecule has 6 heteroatoms. The summed E-state index contributed by atoms with van der Waals surface area (Å²) < 4.78 is 11.2. The molecule has 3 rings (SSSR count). The van der Waals surface area contributed by atoms with E-state index in [9.17, 15) is 9.59 Å². The number of nitrogens with one attached hydrogen (secondary N) is 2. The van der Waals surface area contributed by atoms with E-state index in [1.54, 1.807) is 6.07 Å². The Bertz CT molecular complexity index is 1040. The summed E-state index contributed by atoms with van der Waals surface area (Å²) in [6, 6.07) is 13.9. The molecule has 0 aliphatic heterocycles. The van der Waals surface area contributed by atoms with Gasteiger partial charge in [0.05, 0.1) is 24.8 Å². The first-order valence-corrected chi connectivity index (χ1v) is 9.36. The van der Waals surface area contributed by atoms with E-state index in [0.29, 0.717) is 41.2 Å². The summed E-state index contributed by atoms with van der Waals surface area (Å²) in [5.74, 6) is 1.01. The number of ether oxygens (including phenoxy) is 2. The standard InChI is InChI=1S/C22H24N2O4/c1-4-27-19-11-10-15(12-20(19)28-5-2)14(3)23-22(26)17-13-21(25)24-18-9-7-6-8-16(17)18/h6-14H,4-5H2,1-3H3,(H,23,26)(H,24,25)/t14-/m0/s1. The van der Waals surface area contributed by atoms with E-state index in [1.165, 1.54) is 6.07 Å². The van der Waals surface area contributed by atoms with Crippen molar-refractivity contribution in [1.82, 2.24) is 10.3 Å². The van der Waals surface area contributed by atoms with Gasteiger partial charge in [0.25, 0.3) is 5.91 Å². The third kappa shape index (κ3) is 4.17. The molecule has 28 heavy (non-hydrogen) atoms. The number of para-hydroxylation sites is 1. The summed E-state index contributed by atoms with van der Waals surface area (Å²) in [4.78, 5) is 27.5. The predicted molar refractivity (Wildman–Crippen MR) is 109 cm³/mol. The number of aromatic amines is 1. The van der Waals surface area contributed by atoms with Crippen LogP contribution in [0.2, 0.25) is 0 Å². The maximum atomic E-state index is 12.9. The summed E-state index contributed by atoms with van der Waals surface area (Å²) in [5.41, 5.74) is 1.56. The number of carbonyl (C=O) groups is 1. The number of rotatable bonds is 7. The lowest BCUT2D eigenvalue weighted by atomic mass is 10.1. The molecule has 0 fully saturated rings. The Morgan fingerprint density at radius 3 is 2.50 bits per heavy atom. The molecule has 2 N–H and O–H groups in total. The maximum Gasteiger partial charge on any atom is 0.252 e. The lowest BCUT2D eigenvalue weighted by Crippen LogP contribution is -2.28. The Morgan fingerprint density at radius 1 is 1.04 bits per heavy atom. The lowest BCUT2D eigenvalue weighted by Gasteiger charge is -2.18. The zero-order valence-electron chi connectivity index (χ0n) is 16.2. The van der Waals surface area contributed by atoms with Crippen molar-refractivity contribution in [3.8, 4) is 11.5 Å². The Hall–Kier alpha value is -3.28. The van der Waals surface area contributed by atoms with Crippen LogP contribution in [0, 0.1) is 0 Å². The van der Waals surface area contributed by atoms with Crippen LogP contribution in [-0.2, 0) is 0 Å². The molecule has 1 atom stereocenters. The number of benzene rings is 2. The van der Waals surface area contributed by atoms with Gasteiger partial charge in [0.1, 0.15) is 0 Å². The van der Waals surface area contributed by atoms with Crippen LogP contribution < -0.4 is 20.3 Å². The van der Waals surface area contributed by atoms with Crippen molar-refractivity contribution in [2.24, 2.45) is 0 Å². The zero-order valence-corrected chi connectivity index (χ0v) is 16.2. The van der Waals surface area contributed by atoms with E-state index in [1.807, 2.05) is 57.2 Å². The molecule has 1 aromatic heterocycles. The first kappa shape index (κ1) is 19.5. The Kier molecular flexibility index (Phi) is 5.99. The molecular weight excluding hydrogens is 356 g/mol. The van der Waals surface area contributed by atoms with Gasteiger partial charge in [-0.3, -0.25) is 9.59 Å². The van der Waals surface area contributed by atoms with Gasteiger partial charge in [-0.15, -0.1) is 0 Å². The van der Waals surface area contributed by atoms with E-state index in [2.05, 4.69) is 10.3 Å². The number of pyridine rings is 1. The average Bonchev–Trinajstić information content (AvgIpc) is 2.68. The first-order chi connectivity index (χ1) is 13.5. The lowest BCUT2D eigenvalue weighted by molar-refractivity contribution is 0.0941. The summed E-state index contributed by atoms with van der Waals surface area (Å²) in [5, 5.41) is 3.67. The van der Waals surface area contributed by atoms with E-state index in [0.717, 1.165) is 5.56 Å². The molecular formula is C22H24N2O4. The summed E-state index contributed by atoms with van der Waals surface area (Å²) in [6.07, 6.45) is 0. The SMILES string of the molecule is CCOc1ccc([C@H](C)NC(=O)c2cc(=O)[nH]c3ccccc23)cc1OCC. The maximum absolute atomic E-state index is 12.9. The molecule has 3 aromatic rings. The van der Waals surface area contributed by atoms with Gasteiger partial charge < -0.3 is 19.8 Å². The highest BCUT2D eigenvalue weighted by Gasteiger charge is 2.17. The fraction of sp³-hybridized carbons (Fsp3) is 0.273. The quantitative estimate of drug-likeness (QED) is 0.653. The third-order valence-corrected chi connectivity index (χ3v) is 4.41. The number of H-pyrrole nitrogens is 1. The van der Waals surface area contributed by atoms with E-state index in [-0.39, 0.29) is 17.5 Å². The normalized spacial score (nSPS) is 11.8. The fourth-order valence-corrected chi connectivity index (χ4v) is 3.09. The van der Waals surface area contributed by atoms with Crippen LogP contribution in [0.15, 0.2) is 53.3 Å². The molecule has 0 radical (unpaired) electrons. The number of fused-ring (bicyclic) bond motifs is 1. The molecule has 0 aliphatic rings. The Balaban J connectivity index is 1.87. The van der Waals surface area contributed by atoms with Gasteiger partial charge in [-0.25, -0.2) is 0 Å². The van der Waals surface area contributed by atoms with Gasteiger partial charge in [-0.1, -0.05) is 24.3 Å². The molecule has 1 heterocycles. The van der Waals surface area contributed by atoms with E-state index >= 15 is 0 Å². The molecule has 0 aliphatic carbocycles. The van der Waals surface area contributed by atoms with Crippen LogP contribution in [0.1, 0.15) is 42.7 Å². The summed E-state index contributed by atoms with van der Waals surface area (Å²) >= 11 is 0. The molecule has 2 aromatic carbocycles. The molecule has 6 nitrogen and oxygen atoms in total. The highest BCUT2D eigenvalue weighted by molar-refractivity contribution is 6.06. The highest BCUT2D eigenvalue weighted by Crippen LogP contribution is 2.31. The van der Waals surface area contributed by atoms with Gasteiger partial charge in [0, 0.05) is 17.0 Å².